The maximum Gasteiger partial charge on any atom is 0.266 e. The number of rotatable bonds is 7. The Morgan fingerprint density at radius 1 is 1.32 bits per heavy atom. The van der Waals surface area contributed by atoms with Gasteiger partial charge in [-0.3, -0.25) is 0 Å². The van der Waals surface area contributed by atoms with Crippen molar-refractivity contribution in [3.8, 4) is 0 Å². The van der Waals surface area contributed by atoms with E-state index in [1.54, 1.807) is 24.3 Å². The first kappa shape index (κ1) is 19.5. The summed E-state index contributed by atoms with van der Waals surface area (Å²) in [5.74, 6) is -0.469. The average molecular weight is 407 g/mol. The van der Waals surface area contributed by atoms with Crippen LogP contribution < -0.4 is 0 Å². The van der Waals surface area contributed by atoms with Gasteiger partial charge in [-0.2, -0.15) is 8.78 Å². The molecule has 0 saturated heterocycles. The van der Waals surface area contributed by atoms with Gasteiger partial charge in [-0.25, -0.2) is 18.1 Å². The molecule has 2 rings (SSSR count). The molecule has 0 fully saturated rings. The lowest BCUT2D eigenvalue weighted by Gasteiger charge is -2.03. The fourth-order valence-electron chi connectivity index (χ4n) is 1.84. The summed E-state index contributed by atoms with van der Waals surface area (Å²) in [7, 11) is -3.76. The smallest absolute Gasteiger partial charge is 0.266 e. The van der Waals surface area contributed by atoms with Crippen LogP contribution in [0.25, 0.3) is 0 Å². The van der Waals surface area contributed by atoms with Gasteiger partial charge in [0, 0.05) is 10.6 Å². The van der Waals surface area contributed by atoms with Crippen LogP contribution in [0.1, 0.15) is 16.9 Å². The number of aromatic nitrogens is 1. The van der Waals surface area contributed by atoms with Crippen molar-refractivity contribution in [1.29, 1.82) is 0 Å². The van der Waals surface area contributed by atoms with Gasteiger partial charge in [-0.1, -0.05) is 35.1 Å². The van der Waals surface area contributed by atoms with Gasteiger partial charge in [0.05, 0.1) is 11.9 Å². The van der Waals surface area contributed by atoms with Crippen molar-refractivity contribution in [3.63, 3.8) is 0 Å². The van der Waals surface area contributed by atoms with E-state index >= 15 is 0 Å². The van der Waals surface area contributed by atoms with E-state index in [1.165, 1.54) is 12.4 Å². The monoisotopic (exact) mass is 406 g/mol. The number of benzene rings is 1. The molecule has 1 aromatic carbocycles. The summed E-state index contributed by atoms with van der Waals surface area (Å²) in [5.41, 5.74) is 0.744. The Morgan fingerprint density at radius 2 is 2.00 bits per heavy atom. The highest BCUT2D eigenvalue weighted by Crippen LogP contribution is 2.19. The third kappa shape index (κ3) is 6.18. The fraction of sp³-hybridized carbons (Fsp3) is 0.200. The Bertz CT molecular complexity index is 890. The minimum Gasteiger partial charge on any atom is -0.624 e. The van der Waals surface area contributed by atoms with Crippen molar-refractivity contribution < 1.29 is 21.9 Å². The van der Waals surface area contributed by atoms with Crippen molar-refractivity contribution in [2.75, 3.05) is 5.75 Å². The molecule has 0 unspecified atom stereocenters. The predicted octanol–water partition coefficient (Wildman–Crippen LogP) is 3.87. The average Bonchev–Trinajstić information content (AvgIpc) is 2.98. The van der Waals surface area contributed by atoms with Crippen LogP contribution in [-0.2, 0) is 16.4 Å². The van der Waals surface area contributed by atoms with Crippen LogP contribution in [0.4, 0.5) is 8.78 Å². The number of thiazole rings is 1. The zero-order valence-corrected chi connectivity index (χ0v) is 15.1. The Labute approximate surface area is 152 Å². The Morgan fingerprint density at radius 3 is 2.64 bits per heavy atom. The van der Waals surface area contributed by atoms with E-state index in [4.69, 9.17) is 11.6 Å². The highest BCUT2D eigenvalue weighted by atomic mass is 35.5. The molecule has 10 heteroatoms. The van der Waals surface area contributed by atoms with Crippen LogP contribution in [0, 0.1) is 5.21 Å². The molecular weight excluding hydrogens is 394 g/mol. The maximum atomic E-state index is 12.0. The first-order valence-corrected chi connectivity index (χ1v) is 9.84. The number of halogens is 3. The van der Waals surface area contributed by atoms with E-state index in [9.17, 15) is 22.4 Å². The summed E-state index contributed by atoms with van der Waals surface area (Å²) < 4.78 is 48.4. The van der Waals surface area contributed by atoms with Crippen molar-refractivity contribution in [3.05, 3.63) is 63.3 Å². The molecule has 2 aromatic rings. The SMILES string of the molecule is O=S(=O)(CCC=C(F)F)c1ncc(/C=[N+](\[O-])Cc2ccc(Cl)cc2)s1. The minimum absolute atomic E-state index is 0.0672. The molecule has 0 aliphatic heterocycles. The molecule has 0 saturated carbocycles. The van der Waals surface area contributed by atoms with Crippen LogP contribution in [-0.4, -0.2) is 30.1 Å². The molecule has 0 radical (unpaired) electrons. The van der Waals surface area contributed by atoms with Gasteiger partial charge in [0.1, 0.15) is 4.88 Å². The number of nitrogens with zero attached hydrogens (tertiary/aromatic N) is 2. The summed E-state index contributed by atoms with van der Waals surface area (Å²) in [5, 5.41) is 12.5. The Balaban J connectivity index is 2.06. The largest absolute Gasteiger partial charge is 0.624 e. The second kappa shape index (κ2) is 8.50. The lowest BCUT2D eigenvalue weighted by atomic mass is 10.2. The van der Waals surface area contributed by atoms with Gasteiger partial charge in [0.15, 0.2) is 12.8 Å². The van der Waals surface area contributed by atoms with Gasteiger partial charge in [0.2, 0.25) is 14.2 Å². The van der Waals surface area contributed by atoms with Gasteiger partial charge < -0.3 is 5.21 Å². The van der Waals surface area contributed by atoms with Crippen LogP contribution >= 0.6 is 22.9 Å². The number of hydrogen-bond acceptors (Lipinski definition) is 5. The van der Waals surface area contributed by atoms with Crippen LogP contribution in [0.3, 0.4) is 0 Å². The summed E-state index contributed by atoms with van der Waals surface area (Å²) in [6.07, 6.45) is 0.812. The standard InChI is InChI=1S/C15H13ClF2N2O3S2/c16-12-5-3-11(4-6-12)9-20(21)10-13-8-19-15(24-13)25(22,23)7-1-2-14(17)18/h2-6,8,10H,1,7,9H2/b20-10-. The van der Waals surface area contributed by atoms with Gasteiger partial charge >= 0.3 is 0 Å². The lowest BCUT2D eigenvalue weighted by molar-refractivity contribution is -0.469. The van der Waals surface area contributed by atoms with Crippen LogP contribution in [0.2, 0.25) is 5.02 Å². The zero-order chi connectivity index (χ0) is 18.4. The number of hydroxylamine groups is 1. The van der Waals surface area contributed by atoms with Crippen molar-refractivity contribution in [2.24, 2.45) is 0 Å². The first-order chi connectivity index (χ1) is 11.8. The first-order valence-electron chi connectivity index (χ1n) is 6.99. The lowest BCUT2D eigenvalue weighted by Crippen LogP contribution is -2.05. The topological polar surface area (TPSA) is 73.1 Å². The van der Waals surface area contributed by atoms with Crippen molar-refractivity contribution >= 4 is 39.0 Å². The minimum atomic E-state index is -3.76. The van der Waals surface area contributed by atoms with E-state index in [2.05, 4.69) is 4.98 Å². The molecule has 0 bridgehead atoms. The molecule has 1 aromatic heterocycles. The molecule has 25 heavy (non-hydrogen) atoms. The highest BCUT2D eigenvalue weighted by molar-refractivity contribution is 7.93. The van der Waals surface area contributed by atoms with Gasteiger partial charge in [0.25, 0.3) is 6.08 Å². The molecule has 0 amide bonds. The second-order valence-electron chi connectivity index (χ2n) is 4.96. The fourth-order valence-corrected chi connectivity index (χ4v) is 4.41. The second-order valence-corrected chi connectivity index (χ2v) is 8.74. The molecule has 0 aliphatic rings. The highest BCUT2D eigenvalue weighted by Gasteiger charge is 2.19. The van der Waals surface area contributed by atoms with Crippen molar-refractivity contribution in [2.45, 2.75) is 17.3 Å². The molecule has 0 spiro atoms. The summed E-state index contributed by atoms with van der Waals surface area (Å²) in [4.78, 5) is 4.12. The molecule has 0 N–H and O–H groups in total. The normalized spacial score (nSPS) is 12.2. The Hall–Kier alpha value is -1.84. The molecule has 0 atom stereocenters. The Kier molecular flexibility index (Phi) is 6.63. The van der Waals surface area contributed by atoms with E-state index in [0.717, 1.165) is 16.9 Å². The van der Waals surface area contributed by atoms with Gasteiger partial charge in [-0.05, 0) is 24.6 Å². The summed E-state index contributed by atoms with van der Waals surface area (Å²) >= 11 is 6.58. The predicted molar refractivity (Wildman–Crippen MR) is 93.0 cm³/mol. The number of allylic oxidation sites excluding steroid dienone is 1. The molecule has 1 heterocycles. The molecule has 0 aliphatic carbocycles. The third-order valence-electron chi connectivity index (χ3n) is 2.98. The van der Waals surface area contributed by atoms with E-state index < -0.39 is 21.7 Å². The quantitative estimate of drug-likeness (QED) is 0.303. The van der Waals surface area contributed by atoms with E-state index in [0.29, 0.717) is 20.7 Å². The number of hydrogen-bond donors (Lipinski definition) is 0. The van der Waals surface area contributed by atoms with Gasteiger partial charge in [-0.15, -0.1) is 0 Å². The van der Waals surface area contributed by atoms with Crippen LogP contribution in [0.15, 0.2) is 47.0 Å². The number of sulfone groups is 1. The summed E-state index contributed by atoms with van der Waals surface area (Å²) in [6, 6.07) is 6.75. The van der Waals surface area contributed by atoms with Crippen LogP contribution in [0.5, 0.6) is 0 Å². The molecule has 5 nitrogen and oxygen atoms in total. The molecular formula is C15H13ClF2N2O3S2. The molecule has 134 valence electrons. The maximum absolute atomic E-state index is 12.0. The summed E-state index contributed by atoms with van der Waals surface area (Å²) in [6.45, 7) is 0.0672. The van der Waals surface area contributed by atoms with E-state index in [-0.39, 0.29) is 17.3 Å². The van der Waals surface area contributed by atoms with E-state index in [1.807, 2.05) is 0 Å². The zero-order valence-electron chi connectivity index (χ0n) is 12.7. The van der Waals surface area contributed by atoms with Crippen molar-refractivity contribution in [1.82, 2.24) is 4.98 Å². The third-order valence-corrected chi connectivity index (χ3v) is 6.38.